The van der Waals surface area contributed by atoms with Crippen LogP contribution in [0, 0.1) is 13.8 Å². The highest BCUT2D eigenvalue weighted by molar-refractivity contribution is 7.91. The summed E-state index contributed by atoms with van der Waals surface area (Å²) in [4.78, 5) is 21.4. The van der Waals surface area contributed by atoms with Gasteiger partial charge in [-0.3, -0.25) is 9.69 Å². The molecule has 0 saturated heterocycles. The maximum Gasteiger partial charge on any atom is 0.230 e. The smallest absolute Gasteiger partial charge is 0.230 e. The number of nitrogens with one attached hydrogen (secondary N) is 1. The second-order valence-electron chi connectivity index (χ2n) is 8.35. The second kappa shape index (κ2) is 11.3. The molecule has 7 nitrogen and oxygen atoms in total. The Kier molecular flexibility index (Phi) is 8.67. The van der Waals surface area contributed by atoms with Gasteiger partial charge in [0.15, 0.2) is 15.0 Å². The summed E-state index contributed by atoms with van der Waals surface area (Å²) in [5.41, 5.74) is 3.16. The largest absolute Gasteiger partial charge is 0.497 e. The number of rotatable bonds is 11. The minimum absolute atomic E-state index is 0.101. The van der Waals surface area contributed by atoms with Crippen molar-refractivity contribution in [2.45, 2.75) is 39.0 Å². The van der Waals surface area contributed by atoms with E-state index in [1.165, 1.54) is 35.5 Å². The molecule has 0 radical (unpaired) electrons. The summed E-state index contributed by atoms with van der Waals surface area (Å²) in [7, 11) is -2.07. The summed E-state index contributed by atoms with van der Waals surface area (Å²) in [6.07, 6.45) is -0.101. The molecule has 3 aromatic rings. The molecule has 1 amide bonds. The highest BCUT2D eigenvalue weighted by atomic mass is 32.2. The third kappa shape index (κ3) is 5.95. The number of thiazole rings is 1. The van der Waals surface area contributed by atoms with Gasteiger partial charge >= 0.3 is 0 Å². The molecule has 0 fully saturated rings. The van der Waals surface area contributed by atoms with Crippen molar-refractivity contribution in [2.24, 2.45) is 0 Å². The minimum Gasteiger partial charge on any atom is -0.497 e. The number of methoxy groups -OCH3 is 1. The molecule has 0 unspecified atom stereocenters. The number of hydrogen-bond acceptors (Lipinski definition) is 6. The predicted octanol–water partition coefficient (Wildman–Crippen LogP) is 3.04. The predicted molar refractivity (Wildman–Crippen MR) is 138 cm³/mol. The van der Waals surface area contributed by atoms with Gasteiger partial charge in [-0.15, -0.1) is 0 Å². The standard InChI is InChI=1S/C25H33N3O4S2/c1-6-27(7-2)15-16-28(25-26-24-19(4)18(3)8-13-22(24)33-25)23(29)14-17-34(30,31)21-11-9-20(32-5)10-12-21/h8-13H,6-7,14-17H2,1-5H3/p+1. The van der Waals surface area contributed by atoms with E-state index in [0.29, 0.717) is 17.4 Å². The van der Waals surface area contributed by atoms with Gasteiger partial charge in [0.05, 0.1) is 54.2 Å². The molecule has 184 valence electrons. The van der Waals surface area contributed by atoms with Gasteiger partial charge in [-0.1, -0.05) is 17.4 Å². The van der Waals surface area contributed by atoms with E-state index in [0.717, 1.165) is 41.0 Å². The first-order chi connectivity index (χ1) is 16.2. The van der Waals surface area contributed by atoms with E-state index < -0.39 is 9.84 Å². The van der Waals surface area contributed by atoms with Crippen LogP contribution in [-0.2, 0) is 14.6 Å². The lowest BCUT2D eigenvalue weighted by Gasteiger charge is -2.23. The molecule has 0 aliphatic rings. The zero-order chi connectivity index (χ0) is 24.9. The molecule has 0 spiro atoms. The van der Waals surface area contributed by atoms with Crippen molar-refractivity contribution in [3.05, 3.63) is 47.5 Å². The Bertz CT molecular complexity index is 1230. The lowest BCUT2D eigenvalue weighted by Crippen LogP contribution is -3.12. The molecule has 0 saturated carbocycles. The molecule has 1 aromatic heterocycles. The van der Waals surface area contributed by atoms with Crippen LogP contribution >= 0.6 is 11.3 Å². The summed E-state index contributed by atoms with van der Waals surface area (Å²) in [5.74, 6) is 0.106. The fourth-order valence-corrected chi connectivity index (χ4v) is 6.09. The van der Waals surface area contributed by atoms with Crippen molar-refractivity contribution in [1.29, 1.82) is 0 Å². The number of carbonyl (C=O) groups excluding carboxylic acids is 1. The Morgan fingerprint density at radius 2 is 1.76 bits per heavy atom. The van der Waals surface area contributed by atoms with Crippen LogP contribution in [0.5, 0.6) is 5.75 Å². The average molecular weight is 505 g/mol. The van der Waals surface area contributed by atoms with Gasteiger partial charge in [-0.25, -0.2) is 13.4 Å². The summed E-state index contributed by atoms with van der Waals surface area (Å²) in [6.45, 7) is 11.5. The van der Waals surface area contributed by atoms with Gasteiger partial charge in [0, 0.05) is 6.42 Å². The van der Waals surface area contributed by atoms with Gasteiger partial charge in [0.1, 0.15) is 5.75 Å². The number of sulfone groups is 1. The molecule has 1 heterocycles. The minimum atomic E-state index is -3.60. The number of anilines is 1. The number of likely N-dealkylation sites (N-methyl/N-ethyl adjacent to an activating group) is 1. The monoisotopic (exact) mass is 504 g/mol. The molecule has 1 N–H and O–H groups in total. The first kappa shape index (κ1) is 26.1. The van der Waals surface area contributed by atoms with Crippen LogP contribution in [0.3, 0.4) is 0 Å². The fraction of sp³-hybridized carbons (Fsp3) is 0.440. The van der Waals surface area contributed by atoms with Crippen molar-refractivity contribution in [2.75, 3.05) is 43.9 Å². The SMILES string of the molecule is CC[NH+](CC)CCN(C(=O)CCS(=O)(=O)c1ccc(OC)cc1)c1nc2c(C)c(C)ccc2s1. The van der Waals surface area contributed by atoms with Crippen LogP contribution in [0.25, 0.3) is 10.2 Å². The molecule has 34 heavy (non-hydrogen) atoms. The number of hydrogen-bond donors (Lipinski definition) is 1. The Morgan fingerprint density at radius 3 is 2.38 bits per heavy atom. The van der Waals surface area contributed by atoms with E-state index in [1.54, 1.807) is 17.0 Å². The zero-order valence-electron chi connectivity index (χ0n) is 20.6. The number of nitrogens with zero attached hydrogens (tertiary/aromatic N) is 2. The van der Waals surface area contributed by atoms with Crippen molar-refractivity contribution >= 4 is 42.4 Å². The average Bonchev–Trinajstić information content (AvgIpc) is 3.27. The molecule has 0 aliphatic carbocycles. The van der Waals surface area contributed by atoms with E-state index in [1.807, 2.05) is 19.9 Å². The Balaban J connectivity index is 1.83. The topological polar surface area (TPSA) is 81.0 Å². The molecule has 0 bridgehead atoms. The molecular weight excluding hydrogens is 470 g/mol. The van der Waals surface area contributed by atoms with Gasteiger partial charge in [-0.05, 0) is 69.2 Å². The van der Waals surface area contributed by atoms with E-state index in [4.69, 9.17) is 9.72 Å². The van der Waals surface area contributed by atoms with Crippen LogP contribution in [0.15, 0.2) is 41.3 Å². The Hall–Kier alpha value is -2.49. The highest BCUT2D eigenvalue weighted by Crippen LogP contribution is 2.32. The number of quaternary nitrogens is 1. The van der Waals surface area contributed by atoms with E-state index in [9.17, 15) is 13.2 Å². The molecule has 2 aromatic carbocycles. The molecule has 0 atom stereocenters. The van der Waals surface area contributed by atoms with Crippen LogP contribution in [0.2, 0.25) is 0 Å². The summed E-state index contributed by atoms with van der Waals surface area (Å²) < 4.78 is 31.8. The van der Waals surface area contributed by atoms with Crippen LogP contribution < -0.4 is 14.5 Å². The molecule has 3 rings (SSSR count). The fourth-order valence-electron chi connectivity index (χ4n) is 3.79. The Morgan fingerprint density at radius 1 is 1.09 bits per heavy atom. The summed E-state index contributed by atoms with van der Waals surface area (Å²) in [5, 5.41) is 0.627. The normalized spacial score (nSPS) is 11.8. The summed E-state index contributed by atoms with van der Waals surface area (Å²) >= 11 is 1.48. The quantitative estimate of drug-likeness (QED) is 0.434. The van der Waals surface area contributed by atoms with E-state index >= 15 is 0 Å². The van der Waals surface area contributed by atoms with E-state index in [2.05, 4.69) is 19.9 Å². The molecular formula is C25H34N3O4S2+. The Labute approximate surface area is 206 Å². The van der Waals surface area contributed by atoms with Crippen molar-refractivity contribution in [1.82, 2.24) is 4.98 Å². The number of aromatic nitrogens is 1. The zero-order valence-corrected chi connectivity index (χ0v) is 22.2. The highest BCUT2D eigenvalue weighted by Gasteiger charge is 2.24. The number of fused-ring (bicyclic) bond motifs is 1. The number of amides is 1. The van der Waals surface area contributed by atoms with Crippen LogP contribution in [0.1, 0.15) is 31.4 Å². The molecule has 9 heteroatoms. The maximum atomic E-state index is 13.3. The van der Waals surface area contributed by atoms with Gasteiger partial charge in [0.25, 0.3) is 0 Å². The van der Waals surface area contributed by atoms with Crippen molar-refractivity contribution < 1.29 is 22.8 Å². The van der Waals surface area contributed by atoms with Gasteiger partial charge in [-0.2, -0.15) is 0 Å². The number of aryl methyl sites for hydroxylation is 2. The van der Waals surface area contributed by atoms with Crippen LogP contribution in [-0.4, -0.2) is 58.4 Å². The van der Waals surface area contributed by atoms with Crippen LogP contribution in [0.4, 0.5) is 5.13 Å². The first-order valence-electron chi connectivity index (χ1n) is 11.6. The van der Waals surface area contributed by atoms with Gasteiger partial charge in [0.2, 0.25) is 5.91 Å². The number of benzene rings is 2. The van der Waals surface area contributed by atoms with Gasteiger partial charge < -0.3 is 9.64 Å². The first-order valence-corrected chi connectivity index (χ1v) is 14.0. The second-order valence-corrected chi connectivity index (χ2v) is 11.5. The maximum absolute atomic E-state index is 13.3. The van der Waals surface area contributed by atoms with E-state index in [-0.39, 0.29) is 23.0 Å². The number of ether oxygens (including phenoxy) is 1. The third-order valence-corrected chi connectivity index (χ3v) is 9.07. The lowest BCUT2D eigenvalue weighted by atomic mass is 10.1. The van der Waals surface area contributed by atoms with Crippen molar-refractivity contribution in [3.63, 3.8) is 0 Å². The number of carbonyl (C=O) groups is 1. The lowest BCUT2D eigenvalue weighted by molar-refractivity contribution is -0.894. The van der Waals surface area contributed by atoms with Crippen molar-refractivity contribution in [3.8, 4) is 5.75 Å². The summed E-state index contributed by atoms with van der Waals surface area (Å²) in [6, 6.07) is 10.3. The third-order valence-electron chi connectivity index (χ3n) is 6.30. The molecule has 0 aliphatic heterocycles.